The van der Waals surface area contributed by atoms with Crippen LogP contribution in [0.3, 0.4) is 0 Å². The van der Waals surface area contributed by atoms with Crippen LogP contribution in [0.25, 0.3) is 0 Å². The van der Waals surface area contributed by atoms with E-state index in [2.05, 4.69) is 32.7 Å². The van der Waals surface area contributed by atoms with E-state index in [4.69, 9.17) is 5.73 Å². The molecule has 2 rings (SSSR count). The summed E-state index contributed by atoms with van der Waals surface area (Å²) in [5.41, 5.74) is 6.95. The zero-order valence-corrected chi connectivity index (χ0v) is 12.8. The third-order valence-corrected chi connectivity index (χ3v) is 5.89. The average molecular weight is 252 g/mol. The first-order chi connectivity index (χ1) is 8.39. The molecule has 106 valence electrons. The van der Waals surface area contributed by atoms with E-state index in [1.165, 1.54) is 44.9 Å². The summed E-state index contributed by atoms with van der Waals surface area (Å²) in [5.74, 6) is 0.881. The molecule has 0 bridgehead atoms. The van der Waals surface area contributed by atoms with Gasteiger partial charge < -0.3 is 5.73 Å². The molecule has 2 fully saturated rings. The van der Waals surface area contributed by atoms with Gasteiger partial charge in [-0.3, -0.25) is 4.90 Å². The lowest BCUT2D eigenvalue weighted by molar-refractivity contribution is -0.0105. The molecule has 0 unspecified atom stereocenters. The van der Waals surface area contributed by atoms with Gasteiger partial charge in [-0.05, 0) is 56.9 Å². The van der Waals surface area contributed by atoms with Crippen LogP contribution in [-0.4, -0.2) is 30.1 Å². The lowest BCUT2D eigenvalue weighted by Gasteiger charge is -2.52. The lowest BCUT2D eigenvalue weighted by atomic mass is 9.66. The van der Waals surface area contributed by atoms with Crippen molar-refractivity contribution in [1.82, 2.24) is 4.90 Å². The van der Waals surface area contributed by atoms with Gasteiger partial charge in [0.2, 0.25) is 0 Å². The van der Waals surface area contributed by atoms with Crippen LogP contribution >= 0.6 is 0 Å². The molecule has 2 aliphatic carbocycles. The van der Waals surface area contributed by atoms with Crippen molar-refractivity contribution in [1.29, 1.82) is 0 Å². The van der Waals surface area contributed by atoms with Crippen LogP contribution in [0.5, 0.6) is 0 Å². The summed E-state index contributed by atoms with van der Waals surface area (Å²) in [7, 11) is 2.33. The van der Waals surface area contributed by atoms with Crippen LogP contribution in [0.15, 0.2) is 0 Å². The topological polar surface area (TPSA) is 29.3 Å². The van der Waals surface area contributed by atoms with Crippen molar-refractivity contribution in [3.8, 4) is 0 Å². The molecule has 0 aromatic carbocycles. The predicted octanol–water partition coefficient (Wildman–Crippen LogP) is 3.40. The first kappa shape index (κ1) is 14.3. The Bertz CT molecular complexity index is 267. The van der Waals surface area contributed by atoms with Crippen LogP contribution in [0, 0.1) is 11.3 Å². The molecule has 0 spiro atoms. The number of hydrogen-bond donors (Lipinski definition) is 1. The molecule has 2 saturated carbocycles. The van der Waals surface area contributed by atoms with Gasteiger partial charge in [0, 0.05) is 18.1 Å². The van der Waals surface area contributed by atoms with Crippen LogP contribution < -0.4 is 5.73 Å². The second kappa shape index (κ2) is 5.13. The maximum absolute atomic E-state index is 6.17. The van der Waals surface area contributed by atoms with Crippen molar-refractivity contribution >= 4 is 0 Å². The van der Waals surface area contributed by atoms with E-state index in [9.17, 15) is 0 Å². The predicted molar refractivity (Wildman–Crippen MR) is 78.6 cm³/mol. The zero-order chi connectivity index (χ0) is 13.4. The molecule has 2 heteroatoms. The molecule has 0 saturated heterocycles. The van der Waals surface area contributed by atoms with E-state index in [0.717, 1.165) is 18.5 Å². The number of rotatable bonds is 3. The molecule has 0 atom stereocenters. The normalized spacial score (nSPS) is 34.7. The van der Waals surface area contributed by atoms with E-state index in [1.54, 1.807) is 0 Å². The molecule has 0 aliphatic heterocycles. The summed E-state index contributed by atoms with van der Waals surface area (Å²) >= 11 is 0. The van der Waals surface area contributed by atoms with Crippen molar-refractivity contribution < 1.29 is 0 Å². The largest absolute Gasteiger partial charge is 0.329 e. The Labute approximate surface area is 113 Å². The average Bonchev–Trinajstić information content (AvgIpc) is 2.25. The summed E-state index contributed by atoms with van der Waals surface area (Å²) in [6.07, 6.45) is 9.52. The fourth-order valence-corrected chi connectivity index (χ4v) is 3.88. The Morgan fingerprint density at radius 2 is 1.67 bits per heavy atom. The molecule has 0 aromatic heterocycles. The van der Waals surface area contributed by atoms with Crippen molar-refractivity contribution in [2.45, 2.75) is 77.3 Å². The van der Waals surface area contributed by atoms with Crippen LogP contribution in [0.1, 0.15) is 65.7 Å². The molecule has 0 aromatic rings. The minimum Gasteiger partial charge on any atom is -0.329 e. The quantitative estimate of drug-likeness (QED) is 0.834. The van der Waals surface area contributed by atoms with E-state index < -0.39 is 0 Å². The SMILES string of the molecule is CN(C1CCC1)C1(CN)CCC(C(C)(C)C)CC1. The van der Waals surface area contributed by atoms with Crippen molar-refractivity contribution in [3.05, 3.63) is 0 Å². The van der Waals surface area contributed by atoms with Gasteiger partial charge >= 0.3 is 0 Å². The number of nitrogens with two attached hydrogens (primary N) is 1. The molecule has 2 N–H and O–H groups in total. The summed E-state index contributed by atoms with van der Waals surface area (Å²) in [4.78, 5) is 2.65. The van der Waals surface area contributed by atoms with Gasteiger partial charge in [0.1, 0.15) is 0 Å². The highest BCUT2D eigenvalue weighted by molar-refractivity contribution is 4.99. The first-order valence-electron chi connectivity index (χ1n) is 7.82. The van der Waals surface area contributed by atoms with Crippen molar-refractivity contribution in [2.75, 3.05) is 13.6 Å². The fraction of sp³-hybridized carbons (Fsp3) is 1.00. The van der Waals surface area contributed by atoms with Gasteiger partial charge in [0.25, 0.3) is 0 Å². The van der Waals surface area contributed by atoms with Gasteiger partial charge in [-0.25, -0.2) is 0 Å². The molecule has 0 radical (unpaired) electrons. The van der Waals surface area contributed by atoms with Gasteiger partial charge in [0.15, 0.2) is 0 Å². The highest BCUT2D eigenvalue weighted by Crippen LogP contribution is 2.44. The monoisotopic (exact) mass is 252 g/mol. The molecular weight excluding hydrogens is 220 g/mol. The minimum absolute atomic E-state index is 0.312. The highest BCUT2D eigenvalue weighted by atomic mass is 15.2. The third kappa shape index (κ3) is 2.60. The van der Waals surface area contributed by atoms with Gasteiger partial charge in [-0.15, -0.1) is 0 Å². The summed E-state index contributed by atoms with van der Waals surface area (Å²) < 4.78 is 0. The van der Waals surface area contributed by atoms with Gasteiger partial charge in [0.05, 0.1) is 0 Å². The van der Waals surface area contributed by atoms with Crippen molar-refractivity contribution in [2.24, 2.45) is 17.1 Å². The van der Waals surface area contributed by atoms with Crippen LogP contribution in [-0.2, 0) is 0 Å². The van der Waals surface area contributed by atoms with E-state index in [0.29, 0.717) is 11.0 Å². The fourth-order valence-electron chi connectivity index (χ4n) is 3.88. The molecular formula is C16H32N2. The molecule has 2 aliphatic rings. The maximum atomic E-state index is 6.17. The number of likely N-dealkylation sites (N-methyl/N-ethyl adjacent to an activating group) is 1. The Morgan fingerprint density at radius 1 is 1.11 bits per heavy atom. The Morgan fingerprint density at radius 3 is 2.00 bits per heavy atom. The highest BCUT2D eigenvalue weighted by Gasteiger charge is 2.43. The van der Waals surface area contributed by atoms with E-state index in [-0.39, 0.29) is 0 Å². The molecule has 0 heterocycles. The second-order valence-electron chi connectivity index (χ2n) is 7.76. The second-order valence-corrected chi connectivity index (χ2v) is 7.76. The standard InChI is InChI=1S/C16H32N2/c1-15(2,3)13-8-10-16(12-17,11-9-13)18(4)14-6-5-7-14/h13-14H,5-12,17H2,1-4H3. The smallest absolute Gasteiger partial charge is 0.0331 e. The summed E-state index contributed by atoms with van der Waals surface area (Å²) in [5, 5.41) is 0. The first-order valence-corrected chi connectivity index (χ1v) is 7.82. The number of hydrogen-bond acceptors (Lipinski definition) is 2. The maximum Gasteiger partial charge on any atom is 0.0331 e. The number of nitrogens with zero attached hydrogens (tertiary/aromatic N) is 1. The van der Waals surface area contributed by atoms with E-state index >= 15 is 0 Å². The van der Waals surface area contributed by atoms with Crippen LogP contribution in [0.4, 0.5) is 0 Å². The van der Waals surface area contributed by atoms with Gasteiger partial charge in [-0.2, -0.15) is 0 Å². The molecule has 2 nitrogen and oxygen atoms in total. The minimum atomic E-state index is 0.312. The molecule has 18 heavy (non-hydrogen) atoms. The zero-order valence-electron chi connectivity index (χ0n) is 12.8. The molecule has 0 amide bonds. The Balaban J connectivity index is 1.99. The van der Waals surface area contributed by atoms with Crippen molar-refractivity contribution in [3.63, 3.8) is 0 Å². The van der Waals surface area contributed by atoms with Gasteiger partial charge in [-0.1, -0.05) is 27.2 Å². The summed E-state index contributed by atoms with van der Waals surface area (Å²) in [6, 6.07) is 0.819. The Kier molecular flexibility index (Phi) is 4.08. The van der Waals surface area contributed by atoms with Crippen LogP contribution in [0.2, 0.25) is 0 Å². The lowest BCUT2D eigenvalue weighted by Crippen LogP contribution is -2.59. The Hall–Kier alpha value is -0.0800. The summed E-state index contributed by atoms with van der Waals surface area (Å²) in [6.45, 7) is 8.02. The third-order valence-electron chi connectivity index (χ3n) is 5.89. The van der Waals surface area contributed by atoms with E-state index in [1.807, 2.05) is 0 Å².